The Morgan fingerprint density at radius 3 is 2.73 bits per heavy atom. The number of nitrogens with one attached hydrogen (secondary N) is 1. The van der Waals surface area contributed by atoms with Crippen molar-refractivity contribution in [3.05, 3.63) is 34.5 Å². The number of aromatic amines is 1. The Kier molecular flexibility index (Phi) is 3.37. The van der Waals surface area contributed by atoms with E-state index in [0.29, 0.717) is 35.7 Å². The van der Waals surface area contributed by atoms with Gasteiger partial charge in [-0.25, -0.2) is 4.98 Å². The van der Waals surface area contributed by atoms with Crippen LogP contribution in [0.3, 0.4) is 0 Å². The highest BCUT2D eigenvalue weighted by atomic mass is 16.5. The molecule has 0 aliphatic heterocycles. The Bertz CT molecular complexity index is 1100. The molecule has 2 aromatic heterocycles. The molecule has 3 aromatic rings. The van der Waals surface area contributed by atoms with E-state index in [-0.39, 0.29) is 18.0 Å². The molecule has 0 saturated heterocycles. The largest absolute Gasteiger partial charge is 0.490 e. The summed E-state index contributed by atoms with van der Waals surface area (Å²) in [5.74, 6) is 0.507. The molecule has 0 amide bonds. The molecule has 1 N–H and O–H groups in total. The second-order valence-corrected chi connectivity index (χ2v) is 6.83. The van der Waals surface area contributed by atoms with E-state index in [1.807, 2.05) is 0 Å². The minimum Gasteiger partial charge on any atom is -0.490 e. The molecule has 132 valence electrons. The number of benzene rings is 1. The molecule has 6 nitrogen and oxygen atoms in total. The first-order chi connectivity index (χ1) is 12.7. The fourth-order valence-electron chi connectivity index (χ4n) is 4.40. The fraction of sp³-hybridized carbons (Fsp3) is 0.350. The van der Waals surface area contributed by atoms with E-state index in [9.17, 15) is 9.59 Å². The highest BCUT2D eigenvalue weighted by Crippen LogP contribution is 2.44. The van der Waals surface area contributed by atoms with E-state index in [0.717, 1.165) is 46.7 Å². The number of carbonyl (C=O) groups excluding carboxylic acids is 2. The van der Waals surface area contributed by atoms with E-state index < -0.39 is 0 Å². The molecule has 0 unspecified atom stereocenters. The molecule has 6 heteroatoms. The number of rotatable bonds is 4. The average Bonchev–Trinajstić information content (AvgIpc) is 3.30. The number of fused-ring (bicyclic) bond motifs is 8. The number of hydrogen-bond donors (Lipinski definition) is 1. The van der Waals surface area contributed by atoms with Gasteiger partial charge >= 0.3 is 0 Å². The SMILES string of the molecule is COCCOc1ccnc2[nH]c3c4c(c5c(c3c12)C(=O)CC5=O)CCC4. The summed E-state index contributed by atoms with van der Waals surface area (Å²) in [5.41, 5.74) is 5.03. The van der Waals surface area contributed by atoms with Crippen molar-refractivity contribution in [1.82, 2.24) is 9.97 Å². The molecule has 0 radical (unpaired) electrons. The van der Waals surface area contributed by atoms with Gasteiger partial charge in [0.05, 0.1) is 23.9 Å². The lowest BCUT2D eigenvalue weighted by molar-refractivity contribution is 0.0923. The molecule has 2 aliphatic carbocycles. The van der Waals surface area contributed by atoms with Gasteiger partial charge < -0.3 is 14.5 Å². The van der Waals surface area contributed by atoms with Gasteiger partial charge in [0.15, 0.2) is 11.6 Å². The Labute approximate surface area is 149 Å². The molecule has 0 saturated carbocycles. The molecule has 2 heterocycles. The lowest BCUT2D eigenvalue weighted by Gasteiger charge is -2.10. The topological polar surface area (TPSA) is 81.3 Å². The highest BCUT2D eigenvalue weighted by molar-refractivity contribution is 6.33. The third kappa shape index (κ3) is 1.99. The number of aryl methyl sites for hydroxylation is 1. The zero-order valence-corrected chi connectivity index (χ0v) is 14.5. The molecule has 0 bridgehead atoms. The quantitative estimate of drug-likeness (QED) is 0.578. The molecule has 0 spiro atoms. The number of carbonyl (C=O) groups is 2. The van der Waals surface area contributed by atoms with E-state index in [4.69, 9.17) is 9.47 Å². The summed E-state index contributed by atoms with van der Waals surface area (Å²) in [5, 5.41) is 1.58. The van der Waals surface area contributed by atoms with Gasteiger partial charge in [-0.05, 0) is 36.5 Å². The summed E-state index contributed by atoms with van der Waals surface area (Å²) < 4.78 is 10.9. The monoisotopic (exact) mass is 350 g/mol. The maximum atomic E-state index is 12.7. The Balaban J connectivity index is 1.88. The van der Waals surface area contributed by atoms with Crippen molar-refractivity contribution in [3.63, 3.8) is 0 Å². The second kappa shape index (κ2) is 5.64. The molecule has 5 rings (SSSR count). The molecule has 0 fully saturated rings. The van der Waals surface area contributed by atoms with Crippen LogP contribution in [0.4, 0.5) is 0 Å². The number of ketones is 2. The molecular weight excluding hydrogens is 332 g/mol. The summed E-state index contributed by atoms with van der Waals surface area (Å²) in [7, 11) is 1.62. The third-order valence-electron chi connectivity index (χ3n) is 5.40. The first kappa shape index (κ1) is 15.5. The summed E-state index contributed by atoms with van der Waals surface area (Å²) in [4.78, 5) is 33.1. The zero-order valence-electron chi connectivity index (χ0n) is 14.5. The van der Waals surface area contributed by atoms with E-state index in [1.54, 1.807) is 19.4 Å². The maximum Gasteiger partial charge on any atom is 0.172 e. The zero-order chi connectivity index (χ0) is 17.8. The number of H-pyrrole nitrogens is 1. The van der Waals surface area contributed by atoms with Crippen LogP contribution in [0.2, 0.25) is 0 Å². The van der Waals surface area contributed by atoms with Crippen molar-refractivity contribution in [2.24, 2.45) is 0 Å². The van der Waals surface area contributed by atoms with Crippen LogP contribution in [0.5, 0.6) is 5.75 Å². The van der Waals surface area contributed by atoms with E-state index >= 15 is 0 Å². The van der Waals surface area contributed by atoms with Crippen molar-refractivity contribution in [1.29, 1.82) is 0 Å². The van der Waals surface area contributed by atoms with Crippen LogP contribution in [-0.2, 0) is 17.6 Å². The van der Waals surface area contributed by atoms with Crippen LogP contribution in [0.1, 0.15) is 44.7 Å². The Morgan fingerprint density at radius 2 is 1.88 bits per heavy atom. The van der Waals surface area contributed by atoms with Gasteiger partial charge in [-0.1, -0.05) is 0 Å². The number of Topliss-reactive ketones (excluding diaryl/α,β-unsaturated/α-hetero) is 2. The van der Waals surface area contributed by atoms with E-state index in [1.165, 1.54) is 0 Å². The Hall–Kier alpha value is -2.73. The molecule has 0 atom stereocenters. The minimum atomic E-state index is -0.0997. The summed E-state index contributed by atoms with van der Waals surface area (Å²) in [6, 6.07) is 1.80. The summed E-state index contributed by atoms with van der Waals surface area (Å²) in [6.07, 6.45) is 4.42. The summed E-state index contributed by atoms with van der Waals surface area (Å²) >= 11 is 0. The molecule has 1 aromatic carbocycles. The van der Waals surface area contributed by atoms with Crippen LogP contribution in [0.15, 0.2) is 12.3 Å². The van der Waals surface area contributed by atoms with Crippen LogP contribution >= 0.6 is 0 Å². The maximum absolute atomic E-state index is 12.7. The van der Waals surface area contributed by atoms with Gasteiger partial charge in [0, 0.05) is 29.8 Å². The number of aromatic nitrogens is 2. The van der Waals surface area contributed by atoms with Crippen molar-refractivity contribution in [2.75, 3.05) is 20.3 Å². The van der Waals surface area contributed by atoms with E-state index in [2.05, 4.69) is 9.97 Å². The predicted octanol–water partition coefficient (Wildman–Crippen LogP) is 3.00. The number of ether oxygens (including phenoxy) is 2. The first-order valence-electron chi connectivity index (χ1n) is 8.87. The van der Waals surface area contributed by atoms with Gasteiger partial charge in [0.1, 0.15) is 18.0 Å². The first-order valence-corrected chi connectivity index (χ1v) is 8.87. The smallest absolute Gasteiger partial charge is 0.172 e. The van der Waals surface area contributed by atoms with Crippen molar-refractivity contribution in [2.45, 2.75) is 25.7 Å². The van der Waals surface area contributed by atoms with Crippen LogP contribution in [0, 0.1) is 0 Å². The highest BCUT2D eigenvalue weighted by Gasteiger charge is 2.37. The average molecular weight is 350 g/mol. The molecular formula is C20H18N2O4. The molecule has 2 aliphatic rings. The van der Waals surface area contributed by atoms with Gasteiger partial charge in [-0.2, -0.15) is 0 Å². The second-order valence-electron chi connectivity index (χ2n) is 6.83. The van der Waals surface area contributed by atoms with Gasteiger partial charge in [0.25, 0.3) is 0 Å². The number of methoxy groups -OCH3 is 1. The van der Waals surface area contributed by atoms with Gasteiger partial charge in [-0.3, -0.25) is 9.59 Å². The van der Waals surface area contributed by atoms with Crippen LogP contribution in [0.25, 0.3) is 21.9 Å². The van der Waals surface area contributed by atoms with Crippen molar-refractivity contribution >= 4 is 33.5 Å². The minimum absolute atomic E-state index is 0.0340. The predicted molar refractivity (Wildman–Crippen MR) is 96.3 cm³/mol. The number of hydrogen-bond acceptors (Lipinski definition) is 5. The van der Waals surface area contributed by atoms with Crippen molar-refractivity contribution in [3.8, 4) is 5.75 Å². The standard InChI is InChI=1S/C20H18N2O4/c1-25-7-8-26-14-5-6-21-20-17(14)18-16-13(24)9-12(23)15(16)10-3-2-4-11(10)19(18)22-20/h5-6H,2-4,7-9H2,1H3,(H,21,22). The lowest BCUT2D eigenvalue weighted by Crippen LogP contribution is -2.05. The van der Waals surface area contributed by atoms with Gasteiger partial charge in [-0.15, -0.1) is 0 Å². The summed E-state index contributed by atoms with van der Waals surface area (Å²) in [6.45, 7) is 0.874. The van der Waals surface area contributed by atoms with Gasteiger partial charge in [0.2, 0.25) is 0 Å². The molecule has 26 heavy (non-hydrogen) atoms. The van der Waals surface area contributed by atoms with Crippen LogP contribution in [-0.4, -0.2) is 41.9 Å². The Morgan fingerprint density at radius 1 is 1.08 bits per heavy atom. The third-order valence-corrected chi connectivity index (χ3v) is 5.40. The fourth-order valence-corrected chi connectivity index (χ4v) is 4.40. The number of nitrogens with zero attached hydrogens (tertiary/aromatic N) is 1. The normalized spacial score (nSPS) is 15.9. The van der Waals surface area contributed by atoms with Crippen LogP contribution < -0.4 is 4.74 Å². The van der Waals surface area contributed by atoms with Crippen molar-refractivity contribution < 1.29 is 19.1 Å². The lowest BCUT2D eigenvalue weighted by atomic mass is 9.94. The number of pyridine rings is 1.